The summed E-state index contributed by atoms with van der Waals surface area (Å²) in [5.41, 5.74) is 1.03. The number of rotatable bonds is 7. The largest absolute Gasteiger partial charge is 0.465 e. The van der Waals surface area contributed by atoms with Gasteiger partial charge in [0.25, 0.3) is 0 Å². The minimum atomic E-state index is -0.484. The van der Waals surface area contributed by atoms with E-state index in [2.05, 4.69) is 5.32 Å². The molecule has 91 valence electrons. The van der Waals surface area contributed by atoms with Crippen molar-refractivity contribution in [3.05, 3.63) is 35.9 Å². The number of carbonyl (C=O) groups excluding carboxylic acids is 2. The van der Waals surface area contributed by atoms with Gasteiger partial charge in [-0.1, -0.05) is 30.3 Å². The number of esters is 1. The van der Waals surface area contributed by atoms with E-state index in [1.807, 2.05) is 36.6 Å². The van der Waals surface area contributed by atoms with Crippen molar-refractivity contribution in [2.24, 2.45) is 0 Å². The molecule has 0 unspecified atom stereocenters. The second-order valence-electron chi connectivity index (χ2n) is 3.55. The van der Waals surface area contributed by atoms with Crippen molar-refractivity contribution in [2.45, 2.75) is 19.4 Å². The van der Waals surface area contributed by atoms with Crippen LogP contribution in [0, 0.1) is 0 Å². The molecule has 0 saturated carbocycles. The van der Waals surface area contributed by atoms with Gasteiger partial charge in [0.15, 0.2) is 0 Å². The Labute approximate surface area is 101 Å². The molecule has 4 nitrogen and oxygen atoms in total. The number of hydrogen-bond donors (Lipinski definition) is 1. The summed E-state index contributed by atoms with van der Waals surface area (Å²) in [6.45, 7) is 2.11. The fraction of sp³-hybridized carbons (Fsp3) is 0.385. The molecule has 0 fully saturated rings. The van der Waals surface area contributed by atoms with Gasteiger partial charge in [0.2, 0.25) is 6.29 Å². The SMILES string of the molecule is CCOC(=O)CN[C@H]([C]=O)Cc1ccccc1. The van der Waals surface area contributed by atoms with Crippen LogP contribution < -0.4 is 5.32 Å². The zero-order valence-electron chi connectivity index (χ0n) is 9.81. The average Bonchev–Trinajstić information content (AvgIpc) is 2.36. The lowest BCUT2D eigenvalue weighted by molar-refractivity contribution is -0.142. The van der Waals surface area contributed by atoms with Crippen molar-refractivity contribution in [3.8, 4) is 0 Å². The van der Waals surface area contributed by atoms with Crippen molar-refractivity contribution < 1.29 is 14.3 Å². The predicted octanol–water partition coefficient (Wildman–Crippen LogP) is 0.860. The van der Waals surface area contributed by atoms with E-state index < -0.39 is 6.04 Å². The molecule has 1 aromatic rings. The summed E-state index contributed by atoms with van der Waals surface area (Å²) in [5, 5.41) is 2.80. The first-order valence-electron chi connectivity index (χ1n) is 5.57. The van der Waals surface area contributed by atoms with Gasteiger partial charge in [-0.2, -0.15) is 0 Å². The monoisotopic (exact) mass is 234 g/mol. The molecule has 0 saturated heterocycles. The van der Waals surface area contributed by atoms with Crippen LogP contribution in [0.4, 0.5) is 0 Å². The van der Waals surface area contributed by atoms with Gasteiger partial charge in [-0.3, -0.25) is 14.9 Å². The highest BCUT2D eigenvalue weighted by Gasteiger charge is 2.11. The third-order valence-electron chi connectivity index (χ3n) is 2.22. The van der Waals surface area contributed by atoms with Gasteiger partial charge in [-0.05, 0) is 18.9 Å². The van der Waals surface area contributed by atoms with E-state index >= 15 is 0 Å². The number of ether oxygens (including phenoxy) is 1. The first kappa shape index (κ1) is 13.4. The van der Waals surface area contributed by atoms with E-state index in [4.69, 9.17) is 4.74 Å². The number of carbonyl (C=O) groups is 1. The van der Waals surface area contributed by atoms with Crippen LogP contribution in [-0.2, 0) is 20.7 Å². The van der Waals surface area contributed by atoms with Gasteiger partial charge in [0.05, 0.1) is 19.2 Å². The van der Waals surface area contributed by atoms with Crippen LogP contribution in [0.1, 0.15) is 12.5 Å². The van der Waals surface area contributed by atoms with Crippen LogP contribution >= 0.6 is 0 Å². The van der Waals surface area contributed by atoms with Crippen molar-refractivity contribution in [1.29, 1.82) is 0 Å². The van der Waals surface area contributed by atoms with E-state index in [9.17, 15) is 9.59 Å². The third-order valence-corrected chi connectivity index (χ3v) is 2.22. The molecule has 0 bridgehead atoms. The Morgan fingerprint density at radius 1 is 1.41 bits per heavy atom. The Balaban J connectivity index is 2.39. The average molecular weight is 234 g/mol. The first-order chi connectivity index (χ1) is 8.26. The molecule has 0 aliphatic carbocycles. The lowest BCUT2D eigenvalue weighted by Crippen LogP contribution is -2.37. The molecule has 0 heterocycles. The lowest BCUT2D eigenvalue weighted by atomic mass is 10.1. The zero-order chi connectivity index (χ0) is 12.5. The molecule has 1 rings (SSSR count). The Hall–Kier alpha value is -1.68. The van der Waals surface area contributed by atoms with Crippen LogP contribution in [0.5, 0.6) is 0 Å². The molecule has 1 atom stereocenters. The van der Waals surface area contributed by atoms with Gasteiger partial charge in [0.1, 0.15) is 0 Å². The summed E-state index contributed by atoms with van der Waals surface area (Å²) in [5.74, 6) is -0.360. The normalized spacial score (nSPS) is 11.8. The summed E-state index contributed by atoms with van der Waals surface area (Å²) in [6.07, 6.45) is 2.40. The van der Waals surface area contributed by atoms with Crippen LogP contribution in [0.25, 0.3) is 0 Å². The smallest absolute Gasteiger partial charge is 0.319 e. The molecule has 1 aromatic carbocycles. The Morgan fingerprint density at radius 3 is 2.71 bits per heavy atom. The van der Waals surface area contributed by atoms with E-state index in [0.717, 1.165) is 5.56 Å². The Morgan fingerprint density at radius 2 is 2.12 bits per heavy atom. The van der Waals surface area contributed by atoms with Crippen molar-refractivity contribution in [3.63, 3.8) is 0 Å². The molecular weight excluding hydrogens is 218 g/mol. The highest BCUT2D eigenvalue weighted by Crippen LogP contribution is 2.01. The Kier molecular flexibility index (Phi) is 5.96. The number of benzene rings is 1. The maximum absolute atomic E-state index is 11.1. The van der Waals surface area contributed by atoms with Gasteiger partial charge in [0, 0.05) is 0 Å². The molecule has 0 aliphatic heterocycles. The zero-order valence-corrected chi connectivity index (χ0v) is 9.81. The van der Waals surface area contributed by atoms with E-state index in [0.29, 0.717) is 13.0 Å². The van der Waals surface area contributed by atoms with Gasteiger partial charge in [-0.25, -0.2) is 0 Å². The van der Waals surface area contributed by atoms with Crippen LogP contribution in [-0.4, -0.2) is 31.4 Å². The summed E-state index contributed by atoms with van der Waals surface area (Å²) >= 11 is 0. The number of hydrogen-bond acceptors (Lipinski definition) is 4. The summed E-state index contributed by atoms with van der Waals surface area (Å²) in [7, 11) is 0. The highest BCUT2D eigenvalue weighted by atomic mass is 16.5. The van der Waals surface area contributed by atoms with Crippen molar-refractivity contribution in [1.82, 2.24) is 5.32 Å². The number of nitrogens with one attached hydrogen (secondary N) is 1. The molecule has 0 aliphatic rings. The molecule has 0 spiro atoms. The van der Waals surface area contributed by atoms with E-state index in [1.54, 1.807) is 6.92 Å². The first-order valence-corrected chi connectivity index (χ1v) is 5.57. The van der Waals surface area contributed by atoms with Gasteiger partial charge in [-0.15, -0.1) is 0 Å². The van der Waals surface area contributed by atoms with Crippen LogP contribution in [0.2, 0.25) is 0 Å². The molecule has 4 heteroatoms. The molecule has 1 radical (unpaired) electrons. The predicted molar refractivity (Wildman–Crippen MR) is 64.3 cm³/mol. The maximum Gasteiger partial charge on any atom is 0.319 e. The lowest BCUT2D eigenvalue weighted by Gasteiger charge is -2.11. The maximum atomic E-state index is 11.1. The van der Waals surface area contributed by atoms with Gasteiger partial charge < -0.3 is 4.74 Å². The van der Waals surface area contributed by atoms with Crippen LogP contribution in [0.3, 0.4) is 0 Å². The molecule has 1 N–H and O–H groups in total. The standard InChI is InChI=1S/C13H16NO3/c1-2-17-13(16)9-14-12(10-15)8-11-6-4-3-5-7-11/h3-7,12,14H,2,8-9H2,1H3/t12-/m0/s1. The summed E-state index contributed by atoms with van der Waals surface area (Å²) < 4.78 is 4.76. The molecule has 17 heavy (non-hydrogen) atoms. The minimum absolute atomic E-state index is 0.0284. The van der Waals surface area contributed by atoms with Crippen molar-refractivity contribution in [2.75, 3.05) is 13.2 Å². The second-order valence-corrected chi connectivity index (χ2v) is 3.55. The fourth-order valence-electron chi connectivity index (χ4n) is 1.42. The summed E-state index contributed by atoms with van der Waals surface area (Å²) in [6, 6.07) is 9.09. The molecular formula is C13H16NO3. The quantitative estimate of drug-likeness (QED) is 0.711. The topological polar surface area (TPSA) is 55.4 Å². The minimum Gasteiger partial charge on any atom is -0.465 e. The van der Waals surface area contributed by atoms with E-state index in [1.165, 1.54) is 0 Å². The Bertz CT molecular complexity index is 351. The third kappa shape index (κ3) is 5.26. The highest BCUT2D eigenvalue weighted by molar-refractivity contribution is 5.72. The van der Waals surface area contributed by atoms with Crippen LogP contribution in [0.15, 0.2) is 30.3 Å². The van der Waals surface area contributed by atoms with Crippen molar-refractivity contribution >= 4 is 12.3 Å². The second kappa shape index (κ2) is 7.57. The molecule has 0 aromatic heterocycles. The fourth-order valence-corrected chi connectivity index (χ4v) is 1.42. The van der Waals surface area contributed by atoms with E-state index in [-0.39, 0.29) is 12.5 Å². The van der Waals surface area contributed by atoms with Gasteiger partial charge >= 0.3 is 5.97 Å². The summed E-state index contributed by atoms with van der Waals surface area (Å²) in [4.78, 5) is 21.8. The molecule has 0 amide bonds.